The summed E-state index contributed by atoms with van der Waals surface area (Å²) in [6.45, 7) is 0.605. The summed E-state index contributed by atoms with van der Waals surface area (Å²) in [4.78, 5) is 17.0. The van der Waals surface area contributed by atoms with Gasteiger partial charge in [0.1, 0.15) is 5.75 Å². The van der Waals surface area contributed by atoms with E-state index in [1.54, 1.807) is 18.3 Å². The zero-order valence-corrected chi connectivity index (χ0v) is 18.6. The number of imidazole rings is 1. The molecule has 1 N–H and O–H groups in total. The second kappa shape index (κ2) is 8.36. The first kappa shape index (κ1) is 20.5. The lowest BCUT2D eigenvalue weighted by molar-refractivity contribution is 0.215. The van der Waals surface area contributed by atoms with Crippen LogP contribution in [-0.4, -0.2) is 20.2 Å². The number of amides is 1. The van der Waals surface area contributed by atoms with Crippen molar-refractivity contribution in [3.8, 4) is 40.2 Å². The van der Waals surface area contributed by atoms with E-state index in [1.807, 2.05) is 66.9 Å². The number of para-hydroxylation sites is 1. The van der Waals surface area contributed by atoms with Crippen LogP contribution in [0.4, 0.5) is 10.5 Å². The minimum Gasteiger partial charge on any atom is -0.410 e. The summed E-state index contributed by atoms with van der Waals surface area (Å²) in [5, 5.41) is 11.9. The molecule has 1 aliphatic rings. The molecule has 7 heteroatoms. The summed E-state index contributed by atoms with van der Waals surface area (Å²) in [5.41, 5.74) is 6.37. The average Bonchev–Trinajstić information content (AvgIpc) is 3.50. The van der Waals surface area contributed by atoms with Crippen LogP contribution >= 0.6 is 0 Å². The van der Waals surface area contributed by atoms with E-state index in [2.05, 4.69) is 37.8 Å². The van der Waals surface area contributed by atoms with Gasteiger partial charge in [-0.25, -0.2) is 9.78 Å². The van der Waals surface area contributed by atoms with Crippen LogP contribution in [0.1, 0.15) is 11.1 Å². The number of nitrogens with one attached hydrogen (secondary N) is 1. The summed E-state index contributed by atoms with van der Waals surface area (Å²) >= 11 is 0. The number of aromatic nitrogens is 3. The molecular weight excluding hydrogens is 438 g/mol. The molecular formula is C28H19N5O2. The summed E-state index contributed by atoms with van der Waals surface area (Å²) in [7, 11) is 0. The van der Waals surface area contributed by atoms with Gasteiger partial charge in [0.15, 0.2) is 5.82 Å². The molecule has 1 amide bonds. The smallest absolute Gasteiger partial charge is 0.410 e. The molecule has 3 aromatic carbocycles. The van der Waals surface area contributed by atoms with Crippen LogP contribution in [-0.2, 0) is 6.54 Å². The maximum Gasteiger partial charge on any atom is 0.417 e. The molecule has 0 fully saturated rings. The van der Waals surface area contributed by atoms with Gasteiger partial charge in [-0.1, -0.05) is 30.3 Å². The van der Waals surface area contributed by atoms with Gasteiger partial charge in [-0.2, -0.15) is 5.26 Å². The summed E-state index contributed by atoms with van der Waals surface area (Å²) in [6.07, 6.45) is 5.27. The molecule has 5 aromatic rings. The molecule has 168 valence electrons. The molecule has 35 heavy (non-hydrogen) atoms. The zero-order valence-electron chi connectivity index (χ0n) is 18.6. The fourth-order valence-corrected chi connectivity index (χ4v) is 4.36. The molecule has 0 atom stereocenters. The van der Waals surface area contributed by atoms with E-state index in [0.29, 0.717) is 23.5 Å². The molecule has 2 aromatic heterocycles. The molecule has 0 radical (unpaired) electrons. The number of rotatable bonds is 3. The highest BCUT2D eigenvalue weighted by atomic mass is 16.6. The van der Waals surface area contributed by atoms with Crippen molar-refractivity contribution >= 4 is 11.8 Å². The molecule has 0 aliphatic carbocycles. The van der Waals surface area contributed by atoms with E-state index in [0.717, 1.165) is 33.9 Å². The second-order valence-electron chi connectivity index (χ2n) is 8.22. The first-order valence-corrected chi connectivity index (χ1v) is 11.1. The lowest BCUT2D eigenvalue weighted by Crippen LogP contribution is -2.17. The van der Waals surface area contributed by atoms with Gasteiger partial charge in [0, 0.05) is 36.4 Å². The molecule has 6 rings (SSSR count). The fourth-order valence-electron chi connectivity index (χ4n) is 4.36. The number of anilines is 1. The lowest BCUT2D eigenvalue weighted by atomic mass is 10.1. The Morgan fingerprint density at radius 3 is 2.63 bits per heavy atom. The maximum absolute atomic E-state index is 12.4. The fraction of sp³-hybridized carbons (Fsp3) is 0.0357. The molecule has 3 heterocycles. The molecule has 0 bridgehead atoms. The van der Waals surface area contributed by atoms with Gasteiger partial charge in [0.2, 0.25) is 0 Å². The van der Waals surface area contributed by atoms with E-state index in [1.165, 1.54) is 0 Å². The topological polar surface area (TPSA) is 84.9 Å². The highest BCUT2D eigenvalue weighted by molar-refractivity contribution is 5.86. The number of nitrogens with zero attached hydrogens (tertiary/aromatic N) is 4. The standard InChI is InChI=1S/C28H19N5O2/c29-16-19-6-8-20(9-7-19)21-15-26-27-30-12-13-33(27)25-11-10-23(14-22(25)18-32(26)17-21)31-28(34)35-24-4-2-1-3-5-24/h1-15,17H,18H2,(H,31,34). The molecule has 0 saturated carbocycles. The number of carbonyl (C=O) groups is 1. The highest BCUT2D eigenvalue weighted by Gasteiger charge is 2.21. The van der Waals surface area contributed by atoms with Crippen molar-refractivity contribution in [1.29, 1.82) is 5.26 Å². The number of hydrogen-bond donors (Lipinski definition) is 1. The van der Waals surface area contributed by atoms with Gasteiger partial charge in [-0.05, 0) is 59.7 Å². The van der Waals surface area contributed by atoms with Crippen molar-refractivity contribution in [2.45, 2.75) is 6.54 Å². The Balaban J connectivity index is 1.33. The van der Waals surface area contributed by atoms with Crippen LogP contribution < -0.4 is 10.1 Å². The SMILES string of the molecule is N#Cc1ccc(-c2cc3n(c2)Cc2cc(NC(=O)Oc4ccccc4)ccc2-n2ccnc2-3)cc1. The average molecular weight is 457 g/mol. The molecule has 0 unspecified atom stereocenters. The summed E-state index contributed by atoms with van der Waals surface area (Å²) in [6, 6.07) is 26.6. The lowest BCUT2D eigenvalue weighted by Gasteiger charge is -2.12. The Morgan fingerprint density at radius 1 is 1.00 bits per heavy atom. The van der Waals surface area contributed by atoms with Gasteiger partial charge >= 0.3 is 6.09 Å². The van der Waals surface area contributed by atoms with E-state index < -0.39 is 6.09 Å². The monoisotopic (exact) mass is 457 g/mol. The van der Waals surface area contributed by atoms with Crippen molar-refractivity contribution in [2.24, 2.45) is 0 Å². The van der Waals surface area contributed by atoms with Crippen LogP contribution in [0.15, 0.2) is 97.5 Å². The minimum atomic E-state index is -0.544. The van der Waals surface area contributed by atoms with Crippen molar-refractivity contribution < 1.29 is 9.53 Å². The Kier molecular flexibility index (Phi) is 4.90. The van der Waals surface area contributed by atoms with Crippen LogP contribution in [0.3, 0.4) is 0 Å². The number of benzene rings is 3. The molecule has 0 spiro atoms. The minimum absolute atomic E-state index is 0.482. The van der Waals surface area contributed by atoms with Gasteiger partial charge in [-0.3, -0.25) is 9.88 Å². The van der Waals surface area contributed by atoms with Gasteiger partial charge in [0.05, 0.1) is 23.0 Å². The summed E-state index contributed by atoms with van der Waals surface area (Å²) < 4.78 is 9.58. The third-order valence-electron chi connectivity index (χ3n) is 5.99. The van der Waals surface area contributed by atoms with Gasteiger partial charge < -0.3 is 9.30 Å². The highest BCUT2D eigenvalue weighted by Crippen LogP contribution is 2.34. The predicted molar refractivity (Wildman–Crippen MR) is 132 cm³/mol. The van der Waals surface area contributed by atoms with E-state index in [-0.39, 0.29) is 0 Å². The third kappa shape index (κ3) is 3.83. The molecule has 7 nitrogen and oxygen atoms in total. The Bertz CT molecular complexity index is 1590. The van der Waals surface area contributed by atoms with Crippen LogP contribution in [0, 0.1) is 11.3 Å². The molecule has 0 saturated heterocycles. The van der Waals surface area contributed by atoms with Crippen LogP contribution in [0.2, 0.25) is 0 Å². The number of hydrogen-bond acceptors (Lipinski definition) is 4. The number of nitriles is 1. The zero-order chi connectivity index (χ0) is 23.8. The number of ether oxygens (including phenoxy) is 1. The van der Waals surface area contributed by atoms with Gasteiger partial charge in [0.25, 0.3) is 0 Å². The first-order chi connectivity index (χ1) is 17.2. The van der Waals surface area contributed by atoms with E-state index in [9.17, 15) is 4.79 Å². The first-order valence-electron chi connectivity index (χ1n) is 11.1. The third-order valence-corrected chi connectivity index (χ3v) is 5.99. The van der Waals surface area contributed by atoms with Crippen LogP contribution in [0.25, 0.3) is 28.3 Å². The Morgan fingerprint density at radius 2 is 1.83 bits per heavy atom. The second-order valence-corrected chi connectivity index (χ2v) is 8.22. The number of carbonyl (C=O) groups excluding carboxylic acids is 1. The Hall–Kier alpha value is -5.09. The van der Waals surface area contributed by atoms with E-state index >= 15 is 0 Å². The normalized spacial score (nSPS) is 11.4. The quantitative estimate of drug-likeness (QED) is 0.361. The predicted octanol–water partition coefficient (Wildman–Crippen LogP) is 5.85. The summed E-state index contributed by atoms with van der Waals surface area (Å²) in [5.74, 6) is 1.32. The Labute approximate surface area is 201 Å². The largest absolute Gasteiger partial charge is 0.417 e. The van der Waals surface area contributed by atoms with Crippen molar-refractivity contribution in [2.75, 3.05) is 5.32 Å². The van der Waals surface area contributed by atoms with Crippen molar-refractivity contribution in [3.05, 3.63) is 109 Å². The number of fused-ring (bicyclic) bond motifs is 5. The van der Waals surface area contributed by atoms with Crippen LogP contribution in [0.5, 0.6) is 5.75 Å². The van der Waals surface area contributed by atoms with Gasteiger partial charge in [-0.15, -0.1) is 0 Å². The van der Waals surface area contributed by atoms with Crippen molar-refractivity contribution in [3.63, 3.8) is 0 Å². The van der Waals surface area contributed by atoms with Crippen molar-refractivity contribution in [1.82, 2.24) is 14.1 Å². The maximum atomic E-state index is 12.4. The molecule has 1 aliphatic heterocycles. The van der Waals surface area contributed by atoms with E-state index in [4.69, 9.17) is 10.00 Å².